The third kappa shape index (κ3) is 3.52. The van der Waals surface area contributed by atoms with Crippen LogP contribution in [0.3, 0.4) is 0 Å². The Labute approximate surface area is 152 Å². The molecule has 0 radical (unpaired) electrons. The molecule has 0 atom stereocenters. The Morgan fingerprint density at radius 1 is 1.07 bits per heavy atom. The summed E-state index contributed by atoms with van der Waals surface area (Å²) in [4.78, 5) is 34.8. The van der Waals surface area contributed by atoms with E-state index in [0.29, 0.717) is 10.9 Å². The summed E-state index contributed by atoms with van der Waals surface area (Å²) in [6, 6.07) is 12.4. The van der Waals surface area contributed by atoms with E-state index in [9.17, 15) is 19.5 Å². The van der Waals surface area contributed by atoms with Crippen molar-refractivity contribution in [2.45, 2.75) is 0 Å². The number of rotatable bonds is 3. The van der Waals surface area contributed by atoms with Gasteiger partial charge in [-0.25, -0.2) is 4.79 Å². The number of anilines is 1. The molecule has 3 aromatic rings. The lowest BCUT2D eigenvalue weighted by atomic mass is 10.2. The Hall–Kier alpha value is -4.01. The molecule has 2 aromatic carbocycles. The van der Waals surface area contributed by atoms with E-state index in [4.69, 9.17) is 5.11 Å². The average Bonchev–Trinajstić information content (AvgIpc) is 2.91. The highest BCUT2D eigenvalue weighted by Gasteiger charge is 2.17. The lowest BCUT2D eigenvalue weighted by Gasteiger charge is -2.03. The van der Waals surface area contributed by atoms with Crippen LogP contribution in [-0.4, -0.2) is 32.6 Å². The average molecular weight is 366 g/mol. The Bertz CT molecular complexity index is 1100. The lowest BCUT2D eigenvalue weighted by Crippen LogP contribution is -2.20. The normalized spacial score (nSPS) is 11.0. The van der Waals surface area contributed by atoms with Gasteiger partial charge in [0, 0.05) is 18.1 Å². The van der Waals surface area contributed by atoms with Gasteiger partial charge in [0.25, 0.3) is 0 Å². The predicted molar refractivity (Wildman–Crippen MR) is 96.1 cm³/mol. The fourth-order valence-corrected chi connectivity index (χ4v) is 2.51. The number of aryl methyl sites for hydroxylation is 1. The zero-order valence-corrected chi connectivity index (χ0v) is 14.1. The van der Waals surface area contributed by atoms with Crippen LogP contribution in [-0.2, 0) is 16.6 Å². The highest BCUT2D eigenvalue weighted by molar-refractivity contribution is 6.40. The quantitative estimate of drug-likeness (QED) is 0.484. The van der Waals surface area contributed by atoms with Crippen LogP contribution in [0.2, 0.25) is 0 Å². The molecule has 2 amide bonds. The van der Waals surface area contributed by atoms with Crippen LogP contribution in [0.4, 0.5) is 11.4 Å². The summed E-state index contributed by atoms with van der Waals surface area (Å²) >= 11 is 0. The van der Waals surface area contributed by atoms with Crippen molar-refractivity contribution in [2.24, 2.45) is 17.3 Å². The van der Waals surface area contributed by atoms with Gasteiger partial charge in [0.15, 0.2) is 5.69 Å². The minimum atomic E-state index is -1.19. The molecular formula is C18H14N4O5. The maximum Gasteiger partial charge on any atom is 0.353 e. The van der Waals surface area contributed by atoms with Gasteiger partial charge in [-0.1, -0.05) is 24.3 Å². The number of carbonyl (C=O) groups excluding carboxylic acids is 2. The third-order valence-electron chi connectivity index (χ3n) is 3.85. The minimum Gasteiger partial charge on any atom is -0.493 e. The predicted octanol–water partition coefficient (Wildman–Crippen LogP) is 2.83. The van der Waals surface area contributed by atoms with Crippen LogP contribution in [0.5, 0.6) is 5.88 Å². The van der Waals surface area contributed by atoms with Crippen LogP contribution in [0.15, 0.2) is 58.8 Å². The number of amides is 2. The van der Waals surface area contributed by atoms with Crippen molar-refractivity contribution in [1.29, 1.82) is 0 Å². The highest BCUT2D eigenvalue weighted by atomic mass is 16.4. The first-order valence-corrected chi connectivity index (χ1v) is 7.75. The Kier molecular flexibility index (Phi) is 4.67. The second kappa shape index (κ2) is 7.08. The number of hydrogen-bond acceptors (Lipinski definition) is 5. The fourth-order valence-electron chi connectivity index (χ4n) is 2.51. The number of carboxylic acids is 1. The zero-order valence-electron chi connectivity index (χ0n) is 14.1. The maximum absolute atomic E-state index is 11.9. The van der Waals surface area contributed by atoms with Crippen molar-refractivity contribution in [2.75, 3.05) is 5.32 Å². The maximum atomic E-state index is 11.9. The second-order valence-corrected chi connectivity index (χ2v) is 5.59. The molecule has 0 saturated heterocycles. The molecule has 9 nitrogen and oxygen atoms in total. The monoisotopic (exact) mass is 366 g/mol. The summed E-state index contributed by atoms with van der Waals surface area (Å²) in [6.07, 6.45) is 0. The Morgan fingerprint density at radius 2 is 1.81 bits per heavy atom. The molecule has 3 N–H and O–H groups in total. The number of hydrogen-bond donors (Lipinski definition) is 3. The van der Waals surface area contributed by atoms with Crippen molar-refractivity contribution in [3.63, 3.8) is 0 Å². The van der Waals surface area contributed by atoms with E-state index in [0.717, 1.165) is 0 Å². The number of carbonyl (C=O) groups is 3. The molecule has 1 heterocycles. The van der Waals surface area contributed by atoms with E-state index < -0.39 is 17.8 Å². The van der Waals surface area contributed by atoms with Crippen molar-refractivity contribution in [3.8, 4) is 5.88 Å². The summed E-state index contributed by atoms with van der Waals surface area (Å²) in [7, 11) is 1.63. The summed E-state index contributed by atoms with van der Waals surface area (Å²) in [5.74, 6) is -3.63. The molecule has 0 fully saturated rings. The van der Waals surface area contributed by atoms with Gasteiger partial charge in [-0.05, 0) is 24.3 Å². The minimum absolute atomic E-state index is 0.0393. The number of nitrogens with one attached hydrogen (secondary N) is 1. The van der Waals surface area contributed by atoms with Gasteiger partial charge in [-0.2, -0.15) is 0 Å². The number of aromatic carboxylic acids is 1. The van der Waals surface area contributed by atoms with Gasteiger partial charge in [-0.3, -0.25) is 9.59 Å². The number of carboxylic acid groups (broad SMARTS) is 1. The number of aromatic hydroxyl groups is 1. The molecule has 3 rings (SSSR count). The molecule has 0 aliphatic rings. The SMILES string of the molecule is Cn1c(O)c(N=NC(=O)C(=O)Nc2cccc(C(=O)O)c2)c2ccccc21. The number of fused-ring (bicyclic) bond motifs is 1. The van der Waals surface area contributed by atoms with Crippen molar-refractivity contribution >= 4 is 40.1 Å². The number of para-hydroxylation sites is 1. The van der Waals surface area contributed by atoms with Gasteiger partial charge in [0.2, 0.25) is 5.88 Å². The molecule has 0 aliphatic heterocycles. The number of nitrogens with zero attached hydrogens (tertiary/aromatic N) is 3. The number of benzene rings is 2. The van der Waals surface area contributed by atoms with Crippen LogP contribution < -0.4 is 5.32 Å². The van der Waals surface area contributed by atoms with E-state index in [1.165, 1.54) is 28.8 Å². The molecule has 0 unspecified atom stereocenters. The molecule has 0 bridgehead atoms. The van der Waals surface area contributed by atoms with Crippen LogP contribution in [0.1, 0.15) is 10.4 Å². The topological polar surface area (TPSA) is 133 Å². The van der Waals surface area contributed by atoms with E-state index in [1.54, 1.807) is 31.3 Å². The van der Waals surface area contributed by atoms with Crippen LogP contribution in [0.25, 0.3) is 10.9 Å². The van der Waals surface area contributed by atoms with E-state index >= 15 is 0 Å². The summed E-state index contributed by atoms with van der Waals surface area (Å²) in [5.41, 5.74) is 0.854. The summed E-state index contributed by atoms with van der Waals surface area (Å²) in [6.45, 7) is 0. The van der Waals surface area contributed by atoms with Gasteiger partial charge >= 0.3 is 17.8 Å². The van der Waals surface area contributed by atoms with Gasteiger partial charge < -0.3 is 20.1 Å². The third-order valence-corrected chi connectivity index (χ3v) is 3.85. The fraction of sp³-hybridized carbons (Fsp3) is 0.0556. The molecule has 27 heavy (non-hydrogen) atoms. The Balaban J connectivity index is 1.79. The van der Waals surface area contributed by atoms with Gasteiger partial charge in [0.1, 0.15) is 0 Å². The van der Waals surface area contributed by atoms with E-state index in [2.05, 4.69) is 15.5 Å². The molecule has 136 valence electrons. The molecule has 0 aliphatic carbocycles. The molecule has 9 heteroatoms. The van der Waals surface area contributed by atoms with Crippen LogP contribution in [0, 0.1) is 0 Å². The smallest absolute Gasteiger partial charge is 0.353 e. The van der Waals surface area contributed by atoms with Gasteiger partial charge in [0.05, 0.1) is 11.1 Å². The second-order valence-electron chi connectivity index (χ2n) is 5.59. The standard InChI is InChI=1S/C18H14N4O5/c1-22-13-8-3-2-7-12(13)14(17(22)25)20-21-16(24)15(23)19-11-6-4-5-10(9-11)18(26)27/h2-9,25H,1H3,(H,19,23)(H,26,27). The zero-order chi connectivity index (χ0) is 19.6. The molecule has 0 saturated carbocycles. The first-order chi connectivity index (χ1) is 12.9. The van der Waals surface area contributed by atoms with Crippen LogP contribution >= 0.6 is 0 Å². The first-order valence-electron chi connectivity index (χ1n) is 7.75. The highest BCUT2D eigenvalue weighted by Crippen LogP contribution is 2.37. The number of aromatic nitrogens is 1. The van der Waals surface area contributed by atoms with Crippen molar-refractivity contribution in [1.82, 2.24) is 4.57 Å². The van der Waals surface area contributed by atoms with E-state index in [1.807, 2.05) is 0 Å². The van der Waals surface area contributed by atoms with Crippen molar-refractivity contribution in [3.05, 3.63) is 54.1 Å². The first kappa shape index (κ1) is 17.8. The Morgan fingerprint density at radius 3 is 2.56 bits per heavy atom. The number of azo groups is 1. The molecule has 0 spiro atoms. The summed E-state index contributed by atoms with van der Waals surface area (Å²) in [5, 5.41) is 29.0. The largest absolute Gasteiger partial charge is 0.493 e. The molecular weight excluding hydrogens is 352 g/mol. The van der Waals surface area contributed by atoms with E-state index in [-0.39, 0.29) is 22.8 Å². The van der Waals surface area contributed by atoms with Gasteiger partial charge in [-0.15, -0.1) is 10.2 Å². The van der Waals surface area contributed by atoms with Crippen molar-refractivity contribution < 1.29 is 24.6 Å². The summed E-state index contributed by atoms with van der Waals surface area (Å²) < 4.78 is 1.48. The molecule has 1 aromatic heterocycles. The lowest BCUT2D eigenvalue weighted by molar-refractivity contribution is -0.134.